The van der Waals surface area contributed by atoms with Gasteiger partial charge in [0.15, 0.2) is 0 Å². The highest BCUT2D eigenvalue weighted by Gasteiger charge is 2.21. The molecule has 25 heavy (non-hydrogen) atoms. The van der Waals surface area contributed by atoms with Crippen LogP contribution >= 0.6 is 0 Å². The highest BCUT2D eigenvalue weighted by molar-refractivity contribution is 5.83. The summed E-state index contributed by atoms with van der Waals surface area (Å²) in [6, 6.07) is 24.5. The van der Waals surface area contributed by atoms with Gasteiger partial charge >= 0.3 is 0 Å². The molecule has 0 amide bonds. The number of hydrogen-bond acceptors (Lipinski definition) is 0. The van der Waals surface area contributed by atoms with Crippen LogP contribution in [0.5, 0.6) is 0 Å². The third kappa shape index (κ3) is 3.95. The molecule has 0 aliphatic heterocycles. The van der Waals surface area contributed by atoms with Gasteiger partial charge in [0.25, 0.3) is 0 Å². The molecule has 3 aromatic rings. The van der Waals surface area contributed by atoms with Gasteiger partial charge in [-0.1, -0.05) is 94.4 Å². The molecule has 0 saturated carbocycles. The maximum absolute atomic E-state index is 2.35. The van der Waals surface area contributed by atoms with Gasteiger partial charge in [0.05, 0.1) is 0 Å². The normalized spacial score (nSPS) is 12.9. The molecule has 129 valence electrons. The molecular weight excluding hydrogens is 300 g/mol. The Morgan fingerprint density at radius 3 is 2.20 bits per heavy atom. The van der Waals surface area contributed by atoms with Crippen LogP contribution in [0.3, 0.4) is 0 Å². The van der Waals surface area contributed by atoms with Crippen molar-refractivity contribution in [2.75, 3.05) is 0 Å². The standard InChI is InChI=1S/C25H29/c1-5-19(4)23-12-8-9-13-24(23)25(18(2)3)17-20-14-15-21-10-6-7-11-22(21)16-20/h6-16,18-19H,5,17H2,1-4H3. The first-order valence-corrected chi connectivity index (χ1v) is 9.52. The Kier molecular flexibility index (Phi) is 5.58. The lowest BCUT2D eigenvalue weighted by molar-refractivity contribution is 0.640. The second-order valence-electron chi connectivity index (χ2n) is 7.43. The first-order chi connectivity index (χ1) is 12.1. The van der Waals surface area contributed by atoms with Crippen LogP contribution in [0.4, 0.5) is 0 Å². The van der Waals surface area contributed by atoms with Gasteiger partial charge in [-0.3, -0.25) is 0 Å². The number of rotatable bonds is 6. The van der Waals surface area contributed by atoms with E-state index in [1.807, 2.05) is 0 Å². The first-order valence-electron chi connectivity index (χ1n) is 9.52. The zero-order valence-electron chi connectivity index (χ0n) is 15.9. The largest absolute Gasteiger partial charge is 0.0648 e. The molecule has 3 aromatic carbocycles. The van der Waals surface area contributed by atoms with Crippen molar-refractivity contribution in [1.29, 1.82) is 0 Å². The summed E-state index contributed by atoms with van der Waals surface area (Å²) in [6.45, 7) is 9.26. The lowest BCUT2D eigenvalue weighted by atomic mass is 9.78. The molecule has 0 aliphatic carbocycles. The lowest BCUT2D eigenvalue weighted by Gasteiger charge is -2.26. The fourth-order valence-electron chi connectivity index (χ4n) is 3.62. The van der Waals surface area contributed by atoms with Crippen LogP contribution in [0.15, 0.2) is 66.7 Å². The van der Waals surface area contributed by atoms with Gasteiger partial charge < -0.3 is 0 Å². The highest BCUT2D eigenvalue weighted by atomic mass is 14.3. The van der Waals surface area contributed by atoms with E-state index in [1.165, 1.54) is 33.9 Å². The summed E-state index contributed by atoms with van der Waals surface area (Å²) in [6.07, 6.45) is 2.20. The Hall–Kier alpha value is -2.08. The molecule has 1 unspecified atom stereocenters. The van der Waals surface area contributed by atoms with E-state index in [9.17, 15) is 0 Å². The Bertz CT molecular complexity index is 828. The zero-order valence-corrected chi connectivity index (χ0v) is 15.9. The quantitative estimate of drug-likeness (QED) is 0.449. The van der Waals surface area contributed by atoms with Crippen molar-refractivity contribution < 1.29 is 0 Å². The van der Waals surface area contributed by atoms with Crippen LogP contribution in [0.1, 0.15) is 56.7 Å². The second kappa shape index (κ2) is 7.87. The number of hydrogen-bond donors (Lipinski definition) is 0. The average molecular weight is 330 g/mol. The summed E-state index contributed by atoms with van der Waals surface area (Å²) < 4.78 is 0. The van der Waals surface area contributed by atoms with Crippen molar-refractivity contribution in [3.63, 3.8) is 0 Å². The van der Waals surface area contributed by atoms with E-state index >= 15 is 0 Å². The third-order valence-electron chi connectivity index (χ3n) is 5.36. The molecule has 1 radical (unpaired) electrons. The Morgan fingerprint density at radius 2 is 1.48 bits per heavy atom. The maximum atomic E-state index is 2.35. The average Bonchev–Trinajstić information content (AvgIpc) is 2.65. The summed E-state index contributed by atoms with van der Waals surface area (Å²) in [5.74, 6) is 2.68. The predicted molar refractivity (Wildman–Crippen MR) is 110 cm³/mol. The summed E-state index contributed by atoms with van der Waals surface area (Å²) >= 11 is 0. The minimum absolute atomic E-state index is 0.539. The SMILES string of the molecule is CCC(C)c1ccccc1[C](Cc1ccc2ccccc2c1)C(C)C. The van der Waals surface area contributed by atoms with Gasteiger partial charge in [-0.25, -0.2) is 0 Å². The van der Waals surface area contributed by atoms with Crippen LogP contribution in [0, 0.1) is 11.8 Å². The van der Waals surface area contributed by atoms with E-state index in [4.69, 9.17) is 0 Å². The topological polar surface area (TPSA) is 0 Å². The van der Waals surface area contributed by atoms with Gasteiger partial charge in [0.2, 0.25) is 0 Å². The molecule has 0 aromatic heterocycles. The van der Waals surface area contributed by atoms with Crippen molar-refractivity contribution in [3.05, 3.63) is 89.3 Å². The molecule has 0 N–H and O–H groups in total. The number of fused-ring (bicyclic) bond motifs is 1. The summed E-state index contributed by atoms with van der Waals surface area (Å²) in [4.78, 5) is 0. The van der Waals surface area contributed by atoms with Crippen LogP contribution in [-0.4, -0.2) is 0 Å². The van der Waals surface area contributed by atoms with E-state index < -0.39 is 0 Å². The molecule has 0 aliphatic rings. The molecule has 1 atom stereocenters. The fraction of sp³-hybridized carbons (Fsp3) is 0.320. The van der Waals surface area contributed by atoms with Crippen LogP contribution in [0.25, 0.3) is 10.8 Å². The first kappa shape index (κ1) is 17.7. The van der Waals surface area contributed by atoms with E-state index in [1.54, 1.807) is 5.92 Å². The van der Waals surface area contributed by atoms with Gasteiger partial charge in [-0.15, -0.1) is 0 Å². The molecule has 0 fully saturated rings. The summed E-state index contributed by atoms with van der Waals surface area (Å²) in [5, 5.41) is 2.65. The van der Waals surface area contributed by atoms with E-state index in [0.29, 0.717) is 11.8 Å². The Balaban J connectivity index is 1.96. The van der Waals surface area contributed by atoms with Gasteiger partial charge in [0.1, 0.15) is 0 Å². The maximum Gasteiger partial charge on any atom is 0.0122 e. The van der Waals surface area contributed by atoms with Crippen molar-refractivity contribution in [1.82, 2.24) is 0 Å². The highest BCUT2D eigenvalue weighted by Crippen LogP contribution is 2.34. The van der Waals surface area contributed by atoms with Crippen LogP contribution in [-0.2, 0) is 6.42 Å². The molecule has 0 spiro atoms. The lowest BCUT2D eigenvalue weighted by Crippen LogP contribution is -2.14. The Morgan fingerprint density at radius 1 is 0.800 bits per heavy atom. The summed E-state index contributed by atoms with van der Waals surface area (Å²) in [7, 11) is 0. The predicted octanol–water partition coefficient (Wildman–Crippen LogP) is 7.17. The van der Waals surface area contributed by atoms with Crippen molar-refractivity contribution in [2.24, 2.45) is 5.92 Å². The number of benzene rings is 3. The second-order valence-corrected chi connectivity index (χ2v) is 7.43. The molecule has 0 heteroatoms. The van der Waals surface area contributed by atoms with Crippen LogP contribution < -0.4 is 0 Å². The van der Waals surface area contributed by atoms with Gasteiger partial charge in [0, 0.05) is 5.92 Å². The fourth-order valence-corrected chi connectivity index (χ4v) is 3.62. The van der Waals surface area contributed by atoms with E-state index in [0.717, 1.165) is 6.42 Å². The van der Waals surface area contributed by atoms with Crippen molar-refractivity contribution in [3.8, 4) is 0 Å². The smallest absolute Gasteiger partial charge is 0.0122 e. The van der Waals surface area contributed by atoms with Gasteiger partial charge in [-0.2, -0.15) is 0 Å². The van der Waals surface area contributed by atoms with Gasteiger partial charge in [-0.05, 0) is 52.1 Å². The molecule has 3 rings (SSSR count). The van der Waals surface area contributed by atoms with Crippen molar-refractivity contribution in [2.45, 2.75) is 46.5 Å². The minimum Gasteiger partial charge on any atom is -0.0648 e. The summed E-state index contributed by atoms with van der Waals surface area (Å²) in [5.41, 5.74) is 4.36. The van der Waals surface area contributed by atoms with Crippen LogP contribution in [0.2, 0.25) is 0 Å². The van der Waals surface area contributed by atoms with E-state index in [-0.39, 0.29) is 0 Å². The molecule has 0 saturated heterocycles. The molecule has 0 heterocycles. The third-order valence-corrected chi connectivity index (χ3v) is 5.36. The molecular formula is C25H29. The molecule has 0 nitrogen and oxygen atoms in total. The monoisotopic (exact) mass is 329 g/mol. The minimum atomic E-state index is 0.539. The van der Waals surface area contributed by atoms with E-state index in [2.05, 4.69) is 94.4 Å². The Labute approximate surface area is 152 Å². The zero-order chi connectivity index (χ0) is 17.8. The van der Waals surface area contributed by atoms with Crippen molar-refractivity contribution >= 4 is 10.8 Å². The molecule has 0 bridgehead atoms.